The average molecular weight is 238 g/mol. The van der Waals surface area contributed by atoms with E-state index in [0.29, 0.717) is 6.61 Å². The molecular weight excluding hydrogens is 231 g/mol. The second-order valence-electron chi connectivity index (χ2n) is 1.58. The zero-order valence-corrected chi connectivity index (χ0v) is 6.98. The maximum atomic E-state index is 4.82. The molecule has 50 valence electrons. The van der Waals surface area contributed by atoms with Gasteiger partial charge in [-0.05, 0) is 6.07 Å². The number of rotatable bonds is 3. The molecule has 0 saturated carbocycles. The van der Waals surface area contributed by atoms with Crippen molar-refractivity contribution in [2.24, 2.45) is 0 Å². The molecule has 0 atom stereocenters. The van der Waals surface area contributed by atoms with Crippen molar-refractivity contribution in [1.82, 2.24) is 9.78 Å². The Kier molecular flexibility index (Phi) is 2.99. The number of halogens is 1. The third kappa shape index (κ3) is 2.31. The Morgan fingerprint density at radius 1 is 1.67 bits per heavy atom. The quantitative estimate of drug-likeness (QED) is 0.741. The van der Waals surface area contributed by atoms with Gasteiger partial charge in [0.15, 0.2) is 0 Å². The van der Waals surface area contributed by atoms with E-state index in [1.807, 2.05) is 40.0 Å². The molecule has 0 fully saturated rings. The summed E-state index contributed by atoms with van der Waals surface area (Å²) >= 11 is 1.87. The minimum atomic E-state index is 0.711. The lowest BCUT2D eigenvalue weighted by molar-refractivity contribution is 0.380. The molecule has 0 aliphatic heterocycles. The summed E-state index contributed by atoms with van der Waals surface area (Å²) in [6, 6.07) is 1.90. The summed E-state index contributed by atoms with van der Waals surface area (Å²) in [5.41, 5.74) is 0. The predicted molar refractivity (Wildman–Crippen MR) is 42.2 cm³/mol. The maximum Gasteiger partial charge on any atom is 0.109 e. The van der Waals surface area contributed by atoms with Gasteiger partial charge in [0.2, 0.25) is 0 Å². The van der Waals surface area contributed by atoms with E-state index in [-0.39, 0.29) is 0 Å². The molecule has 0 spiro atoms. The second-order valence-corrected chi connectivity index (χ2v) is 2.21. The Morgan fingerprint density at radius 3 is 3.11 bits per heavy atom. The van der Waals surface area contributed by atoms with Gasteiger partial charge in [-0.15, -0.1) is 0 Å². The molecule has 1 aromatic heterocycles. The summed E-state index contributed by atoms with van der Waals surface area (Å²) in [7, 11) is 0. The highest BCUT2D eigenvalue weighted by Crippen LogP contribution is 1.88. The molecule has 1 heterocycles. The maximum absolute atomic E-state index is 4.82. The molecule has 0 amide bonds. The van der Waals surface area contributed by atoms with E-state index in [9.17, 15) is 0 Å². The molecule has 3 nitrogen and oxygen atoms in total. The summed E-state index contributed by atoms with van der Waals surface area (Å²) < 4.78 is 6.66. The lowest BCUT2D eigenvalue weighted by Crippen LogP contribution is -2.01. The van der Waals surface area contributed by atoms with E-state index in [2.05, 4.69) is 5.10 Å². The monoisotopic (exact) mass is 238 g/mol. The smallest absolute Gasteiger partial charge is 0.109 e. The van der Waals surface area contributed by atoms with Crippen molar-refractivity contribution in [2.75, 3.05) is 6.61 Å². The van der Waals surface area contributed by atoms with Crippen LogP contribution in [0.4, 0.5) is 0 Å². The SMILES string of the molecule is IOCCn1cccn1. The lowest BCUT2D eigenvalue weighted by atomic mass is 10.7. The van der Waals surface area contributed by atoms with Crippen LogP contribution in [0.2, 0.25) is 0 Å². The van der Waals surface area contributed by atoms with Crippen LogP contribution >= 0.6 is 23.0 Å². The third-order valence-corrected chi connectivity index (χ3v) is 1.40. The molecule has 0 saturated heterocycles. The Balaban J connectivity index is 2.30. The van der Waals surface area contributed by atoms with Gasteiger partial charge in [0, 0.05) is 12.4 Å². The largest absolute Gasteiger partial charge is 0.314 e. The van der Waals surface area contributed by atoms with E-state index in [1.54, 1.807) is 6.20 Å². The van der Waals surface area contributed by atoms with Gasteiger partial charge in [-0.25, -0.2) is 0 Å². The number of hydrogen-bond acceptors (Lipinski definition) is 2. The fourth-order valence-electron chi connectivity index (χ4n) is 0.561. The highest BCUT2D eigenvalue weighted by molar-refractivity contribution is 14.1. The number of nitrogens with zero attached hydrogens (tertiary/aromatic N) is 2. The van der Waals surface area contributed by atoms with Gasteiger partial charge < -0.3 is 3.07 Å². The van der Waals surface area contributed by atoms with Gasteiger partial charge in [0.25, 0.3) is 0 Å². The van der Waals surface area contributed by atoms with Crippen molar-refractivity contribution in [1.29, 1.82) is 0 Å². The van der Waals surface area contributed by atoms with E-state index >= 15 is 0 Å². The Hall–Kier alpha value is -0.100. The summed E-state index contributed by atoms with van der Waals surface area (Å²) in [4.78, 5) is 0. The minimum Gasteiger partial charge on any atom is -0.314 e. The molecule has 0 aromatic carbocycles. The molecule has 0 bridgehead atoms. The molecule has 9 heavy (non-hydrogen) atoms. The summed E-state index contributed by atoms with van der Waals surface area (Å²) in [5, 5.41) is 3.99. The summed E-state index contributed by atoms with van der Waals surface area (Å²) in [6.07, 6.45) is 3.67. The predicted octanol–water partition coefficient (Wildman–Crippen LogP) is 1.25. The van der Waals surface area contributed by atoms with E-state index < -0.39 is 0 Å². The minimum absolute atomic E-state index is 0.711. The highest BCUT2D eigenvalue weighted by Gasteiger charge is 1.86. The highest BCUT2D eigenvalue weighted by atomic mass is 127. The van der Waals surface area contributed by atoms with Crippen LogP contribution < -0.4 is 0 Å². The van der Waals surface area contributed by atoms with Crippen molar-refractivity contribution in [3.05, 3.63) is 18.5 Å². The van der Waals surface area contributed by atoms with Crippen molar-refractivity contribution in [3.63, 3.8) is 0 Å². The Bertz CT molecular complexity index is 152. The van der Waals surface area contributed by atoms with Crippen molar-refractivity contribution in [2.45, 2.75) is 6.54 Å². The van der Waals surface area contributed by atoms with Gasteiger partial charge >= 0.3 is 0 Å². The average Bonchev–Trinajstić information content (AvgIpc) is 2.34. The molecule has 0 aliphatic rings. The van der Waals surface area contributed by atoms with E-state index in [0.717, 1.165) is 6.54 Å². The zero-order valence-electron chi connectivity index (χ0n) is 4.83. The first-order chi connectivity index (χ1) is 4.43. The molecule has 1 rings (SSSR count). The van der Waals surface area contributed by atoms with Gasteiger partial charge in [-0.2, -0.15) is 5.10 Å². The standard InChI is InChI=1S/C5H7IN2O/c6-9-5-4-8-3-1-2-7-8/h1-3H,4-5H2. The van der Waals surface area contributed by atoms with E-state index in [1.165, 1.54) is 0 Å². The van der Waals surface area contributed by atoms with Crippen LogP contribution in [0.25, 0.3) is 0 Å². The van der Waals surface area contributed by atoms with Gasteiger partial charge in [-0.3, -0.25) is 4.68 Å². The fraction of sp³-hybridized carbons (Fsp3) is 0.400. The first-order valence-corrected chi connectivity index (χ1v) is 3.52. The van der Waals surface area contributed by atoms with Crippen LogP contribution in [0.3, 0.4) is 0 Å². The summed E-state index contributed by atoms with van der Waals surface area (Å²) in [6.45, 7) is 1.54. The van der Waals surface area contributed by atoms with Crippen LogP contribution in [-0.4, -0.2) is 16.4 Å². The normalized spacial score (nSPS) is 9.89. The molecule has 0 radical (unpaired) electrons. The molecule has 0 N–H and O–H groups in total. The molecule has 0 aliphatic carbocycles. The van der Waals surface area contributed by atoms with Gasteiger partial charge in [-0.1, -0.05) is 0 Å². The molecule has 1 aromatic rings. The molecular formula is C5H7IN2O. The molecule has 4 heteroatoms. The lowest BCUT2D eigenvalue weighted by Gasteiger charge is -1.95. The molecule has 0 unspecified atom stereocenters. The fourth-order valence-corrected chi connectivity index (χ4v) is 0.758. The number of aromatic nitrogens is 2. The first-order valence-electron chi connectivity index (χ1n) is 2.64. The third-order valence-electron chi connectivity index (χ3n) is 0.957. The Morgan fingerprint density at radius 2 is 2.56 bits per heavy atom. The first kappa shape index (κ1) is 7.01. The van der Waals surface area contributed by atoms with Crippen molar-refractivity contribution < 1.29 is 3.07 Å². The van der Waals surface area contributed by atoms with Crippen LogP contribution in [0.1, 0.15) is 0 Å². The van der Waals surface area contributed by atoms with Crippen molar-refractivity contribution in [3.8, 4) is 0 Å². The summed E-state index contributed by atoms with van der Waals surface area (Å²) in [5.74, 6) is 0. The Labute approximate surface area is 67.7 Å². The van der Waals surface area contributed by atoms with Gasteiger partial charge in [0.1, 0.15) is 23.0 Å². The van der Waals surface area contributed by atoms with Crippen LogP contribution in [0.15, 0.2) is 18.5 Å². The van der Waals surface area contributed by atoms with Crippen LogP contribution in [0, 0.1) is 0 Å². The number of hydrogen-bond donors (Lipinski definition) is 0. The van der Waals surface area contributed by atoms with Crippen molar-refractivity contribution >= 4 is 23.0 Å². The van der Waals surface area contributed by atoms with Crippen LogP contribution in [0.5, 0.6) is 0 Å². The van der Waals surface area contributed by atoms with E-state index in [4.69, 9.17) is 3.07 Å². The second kappa shape index (κ2) is 3.84. The van der Waals surface area contributed by atoms with Gasteiger partial charge in [0.05, 0.1) is 13.2 Å². The van der Waals surface area contributed by atoms with Crippen LogP contribution in [-0.2, 0) is 9.61 Å². The topological polar surface area (TPSA) is 27.1 Å². The zero-order chi connectivity index (χ0) is 6.53.